The SMILES string of the molecule is O=C(O)CCC(C(=O)O)N1C(=O)C(=Cc2ccc(-c3ccc(Br)cc3)o2)SC1=S. The van der Waals surface area contributed by atoms with Gasteiger partial charge in [-0.25, -0.2) is 4.79 Å². The number of hydrogen-bond donors (Lipinski definition) is 2. The number of carbonyl (C=O) groups is 3. The van der Waals surface area contributed by atoms with Crippen molar-refractivity contribution in [1.29, 1.82) is 0 Å². The minimum atomic E-state index is -1.33. The molecule has 0 spiro atoms. The fourth-order valence-corrected chi connectivity index (χ4v) is 4.30. The number of thioether (sulfide) groups is 1. The number of carboxylic acid groups (broad SMARTS) is 2. The van der Waals surface area contributed by atoms with Crippen molar-refractivity contribution in [3.63, 3.8) is 0 Å². The Balaban J connectivity index is 1.81. The molecular weight excluding hydrogens is 482 g/mol. The molecule has 10 heteroatoms. The number of nitrogens with zero attached hydrogens (tertiary/aromatic N) is 1. The largest absolute Gasteiger partial charge is 0.481 e. The predicted molar refractivity (Wildman–Crippen MR) is 115 cm³/mol. The first-order chi connectivity index (χ1) is 13.8. The molecule has 2 N–H and O–H groups in total. The standard InChI is InChI=1S/C19H14BrNO6S2/c20-11-3-1-10(2-4-11)14-7-5-12(27-14)9-15-17(24)21(19(28)29-15)13(18(25)26)6-8-16(22)23/h1-5,7,9,13H,6,8H2,(H,22,23)(H,25,26). The van der Waals surface area contributed by atoms with Gasteiger partial charge >= 0.3 is 11.9 Å². The summed E-state index contributed by atoms with van der Waals surface area (Å²) in [7, 11) is 0. The molecule has 1 aromatic carbocycles. The molecule has 0 radical (unpaired) electrons. The van der Waals surface area contributed by atoms with E-state index in [2.05, 4.69) is 15.9 Å². The van der Waals surface area contributed by atoms with Gasteiger partial charge in [-0.2, -0.15) is 0 Å². The molecule has 29 heavy (non-hydrogen) atoms. The number of carboxylic acids is 2. The zero-order valence-corrected chi connectivity index (χ0v) is 17.9. The predicted octanol–water partition coefficient (Wildman–Crippen LogP) is 4.23. The summed E-state index contributed by atoms with van der Waals surface area (Å²) in [6.07, 6.45) is 0.873. The summed E-state index contributed by atoms with van der Waals surface area (Å²) < 4.78 is 6.77. The van der Waals surface area contributed by atoms with Gasteiger partial charge in [0, 0.05) is 22.5 Å². The monoisotopic (exact) mass is 495 g/mol. The molecule has 1 unspecified atom stereocenters. The maximum Gasteiger partial charge on any atom is 0.326 e. The van der Waals surface area contributed by atoms with Gasteiger partial charge in [0.25, 0.3) is 5.91 Å². The average Bonchev–Trinajstić information content (AvgIpc) is 3.22. The van der Waals surface area contributed by atoms with Gasteiger partial charge in [-0.05, 0) is 30.7 Å². The van der Waals surface area contributed by atoms with Crippen LogP contribution in [0.3, 0.4) is 0 Å². The molecule has 1 fully saturated rings. The lowest BCUT2D eigenvalue weighted by atomic mass is 10.1. The lowest BCUT2D eigenvalue weighted by molar-refractivity contribution is -0.146. The summed E-state index contributed by atoms with van der Waals surface area (Å²) in [4.78, 5) is 36.2. The number of amides is 1. The summed E-state index contributed by atoms with van der Waals surface area (Å²) in [5.41, 5.74) is 0.861. The van der Waals surface area contributed by atoms with E-state index in [1.54, 1.807) is 12.1 Å². The molecule has 0 saturated carbocycles. The first-order valence-corrected chi connectivity index (χ1v) is 10.4. The van der Waals surface area contributed by atoms with Crippen molar-refractivity contribution in [2.45, 2.75) is 18.9 Å². The van der Waals surface area contributed by atoms with E-state index in [4.69, 9.17) is 21.7 Å². The van der Waals surface area contributed by atoms with Gasteiger partial charge < -0.3 is 14.6 Å². The molecule has 2 aromatic rings. The smallest absolute Gasteiger partial charge is 0.326 e. The van der Waals surface area contributed by atoms with Crippen molar-refractivity contribution in [3.05, 3.63) is 51.5 Å². The number of carbonyl (C=O) groups excluding carboxylic acids is 1. The second-order valence-corrected chi connectivity index (χ2v) is 8.64. The number of rotatable bonds is 7. The van der Waals surface area contributed by atoms with Gasteiger partial charge in [0.1, 0.15) is 21.9 Å². The van der Waals surface area contributed by atoms with Gasteiger partial charge in [-0.3, -0.25) is 14.5 Å². The van der Waals surface area contributed by atoms with Crippen LogP contribution in [0.2, 0.25) is 0 Å². The molecule has 150 valence electrons. The van der Waals surface area contributed by atoms with Crippen molar-refractivity contribution >= 4 is 68.2 Å². The van der Waals surface area contributed by atoms with E-state index in [0.717, 1.165) is 26.7 Å². The summed E-state index contributed by atoms with van der Waals surface area (Å²) in [5, 5.41) is 18.2. The highest BCUT2D eigenvalue weighted by molar-refractivity contribution is 9.10. The topological polar surface area (TPSA) is 108 Å². The Hall–Kier alpha value is -2.43. The molecule has 1 aliphatic rings. The zero-order valence-electron chi connectivity index (χ0n) is 14.7. The van der Waals surface area contributed by atoms with Crippen LogP contribution in [0.25, 0.3) is 17.4 Å². The fourth-order valence-electron chi connectivity index (χ4n) is 2.70. The van der Waals surface area contributed by atoms with E-state index in [0.29, 0.717) is 11.5 Å². The second kappa shape index (κ2) is 8.93. The number of halogens is 1. The normalized spacial score (nSPS) is 16.4. The Morgan fingerprint density at radius 2 is 1.90 bits per heavy atom. The Bertz CT molecular complexity index is 1010. The van der Waals surface area contributed by atoms with Crippen molar-refractivity contribution in [1.82, 2.24) is 4.90 Å². The molecular formula is C19H14BrNO6S2. The van der Waals surface area contributed by atoms with Crippen molar-refractivity contribution in [3.8, 4) is 11.3 Å². The average molecular weight is 496 g/mol. The first-order valence-electron chi connectivity index (χ1n) is 8.33. The first kappa shape index (κ1) is 21.3. The number of benzene rings is 1. The van der Waals surface area contributed by atoms with E-state index < -0.39 is 23.9 Å². The van der Waals surface area contributed by atoms with Crippen molar-refractivity contribution < 1.29 is 29.0 Å². The van der Waals surface area contributed by atoms with Crippen LogP contribution in [0.5, 0.6) is 0 Å². The molecule has 1 atom stereocenters. The van der Waals surface area contributed by atoms with E-state index in [1.165, 1.54) is 6.08 Å². The van der Waals surface area contributed by atoms with Crippen LogP contribution in [0.15, 0.2) is 50.2 Å². The molecule has 3 rings (SSSR count). The summed E-state index contributed by atoms with van der Waals surface area (Å²) >= 11 is 9.49. The van der Waals surface area contributed by atoms with E-state index >= 15 is 0 Å². The minimum Gasteiger partial charge on any atom is -0.481 e. The van der Waals surface area contributed by atoms with Crippen LogP contribution >= 0.6 is 39.9 Å². The van der Waals surface area contributed by atoms with Crippen LogP contribution in [0.1, 0.15) is 18.6 Å². The maximum atomic E-state index is 12.7. The van der Waals surface area contributed by atoms with Gasteiger partial charge in [0.05, 0.1) is 4.91 Å². The van der Waals surface area contributed by atoms with Gasteiger partial charge in [0.2, 0.25) is 0 Å². The number of hydrogen-bond acceptors (Lipinski definition) is 6. The molecule has 2 heterocycles. The Labute approximate surface area is 183 Å². The minimum absolute atomic E-state index is 0.0683. The van der Waals surface area contributed by atoms with Crippen LogP contribution < -0.4 is 0 Å². The highest BCUT2D eigenvalue weighted by Gasteiger charge is 2.40. The molecule has 0 bridgehead atoms. The van der Waals surface area contributed by atoms with Crippen LogP contribution in [-0.2, 0) is 14.4 Å². The third-order valence-corrected chi connectivity index (χ3v) is 5.94. The zero-order chi connectivity index (χ0) is 21.1. The molecule has 1 amide bonds. The molecule has 1 aliphatic heterocycles. The molecule has 7 nitrogen and oxygen atoms in total. The maximum absolute atomic E-state index is 12.7. The summed E-state index contributed by atoms with van der Waals surface area (Å²) in [5.74, 6) is -2.00. The second-order valence-electron chi connectivity index (χ2n) is 6.05. The molecule has 1 aromatic heterocycles. The quantitative estimate of drug-likeness (QED) is 0.433. The number of thiocarbonyl (C=S) groups is 1. The van der Waals surface area contributed by atoms with Crippen molar-refractivity contribution in [2.75, 3.05) is 0 Å². The fraction of sp³-hybridized carbons (Fsp3) is 0.158. The van der Waals surface area contributed by atoms with Crippen LogP contribution in [0.4, 0.5) is 0 Å². The highest BCUT2D eigenvalue weighted by Crippen LogP contribution is 2.35. The van der Waals surface area contributed by atoms with Crippen molar-refractivity contribution in [2.24, 2.45) is 0 Å². The Kier molecular flexibility index (Phi) is 6.56. The summed E-state index contributed by atoms with van der Waals surface area (Å²) in [6, 6.07) is 9.65. The van der Waals surface area contributed by atoms with E-state index in [-0.39, 0.29) is 22.1 Å². The number of aliphatic carboxylic acids is 2. The van der Waals surface area contributed by atoms with E-state index in [1.807, 2.05) is 24.3 Å². The Morgan fingerprint density at radius 1 is 1.21 bits per heavy atom. The highest BCUT2D eigenvalue weighted by atomic mass is 79.9. The van der Waals surface area contributed by atoms with Gasteiger partial charge in [0.15, 0.2) is 0 Å². The van der Waals surface area contributed by atoms with Gasteiger partial charge in [-0.15, -0.1) is 0 Å². The van der Waals surface area contributed by atoms with Gasteiger partial charge in [-0.1, -0.05) is 52.0 Å². The van der Waals surface area contributed by atoms with Crippen LogP contribution in [0, 0.1) is 0 Å². The lowest BCUT2D eigenvalue weighted by Crippen LogP contribution is -2.44. The van der Waals surface area contributed by atoms with Crippen LogP contribution in [-0.4, -0.2) is 43.3 Å². The van der Waals surface area contributed by atoms with E-state index in [9.17, 15) is 19.5 Å². The summed E-state index contributed by atoms with van der Waals surface area (Å²) in [6.45, 7) is 0. The number of furan rings is 1. The molecule has 0 aliphatic carbocycles. The Morgan fingerprint density at radius 3 is 2.52 bits per heavy atom. The molecule has 1 saturated heterocycles. The third-order valence-electron chi connectivity index (χ3n) is 4.08. The lowest BCUT2D eigenvalue weighted by Gasteiger charge is -2.22. The third kappa shape index (κ3) is 4.95.